The van der Waals surface area contributed by atoms with Crippen LogP contribution in [0, 0.1) is 0 Å². The summed E-state index contributed by atoms with van der Waals surface area (Å²) in [5.41, 5.74) is -1.91. The second-order valence-electron chi connectivity index (χ2n) is 4.08. The van der Waals surface area contributed by atoms with E-state index >= 15 is 0 Å². The molecule has 1 fully saturated rings. The summed E-state index contributed by atoms with van der Waals surface area (Å²) in [5.74, 6) is -1.76. The van der Waals surface area contributed by atoms with Crippen LogP contribution < -0.4 is 0 Å². The maximum atomic E-state index is 12.2. The first-order valence-corrected chi connectivity index (χ1v) is 6.94. The molecule has 0 aromatic heterocycles. The van der Waals surface area contributed by atoms with Crippen molar-refractivity contribution in [2.24, 2.45) is 0 Å². The maximum Gasteiger partial charge on any atom is 0.413 e. The Labute approximate surface area is 123 Å². The molecule has 1 aliphatic rings. The highest BCUT2D eigenvalue weighted by atomic mass is 16.6. The van der Waals surface area contributed by atoms with Gasteiger partial charge in [0.1, 0.15) is 0 Å². The Morgan fingerprint density at radius 1 is 0.857 bits per heavy atom. The molecule has 8 heteroatoms. The van der Waals surface area contributed by atoms with E-state index in [-0.39, 0.29) is 26.4 Å². The van der Waals surface area contributed by atoms with Crippen LogP contribution >= 0.6 is 0 Å². The Hall–Kier alpha value is -1.83. The van der Waals surface area contributed by atoms with Gasteiger partial charge in [-0.2, -0.15) is 0 Å². The van der Waals surface area contributed by atoms with Crippen LogP contribution in [-0.4, -0.2) is 61.1 Å². The molecule has 1 heterocycles. The minimum atomic E-state index is -1.91. The molecule has 0 spiro atoms. The van der Waals surface area contributed by atoms with Gasteiger partial charge in [0.2, 0.25) is 0 Å². The van der Waals surface area contributed by atoms with E-state index in [1.165, 1.54) is 0 Å². The van der Waals surface area contributed by atoms with Crippen molar-refractivity contribution in [3.8, 4) is 0 Å². The SMILES string of the molecule is CCOC(=O)N1C(OCC)C1(C(=O)OCC)C(=O)OCC. The van der Waals surface area contributed by atoms with Crippen molar-refractivity contribution in [3.05, 3.63) is 0 Å². The number of amides is 1. The molecular formula is C13H21NO7. The quantitative estimate of drug-likeness (QED) is 0.296. The van der Waals surface area contributed by atoms with E-state index in [0.29, 0.717) is 0 Å². The number of esters is 2. The van der Waals surface area contributed by atoms with Crippen molar-refractivity contribution in [1.82, 2.24) is 4.90 Å². The summed E-state index contributed by atoms with van der Waals surface area (Å²) in [6.45, 7) is 6.95. The third-order valence-corrected chi connectivity index (χ3v) is 2.87. The van der Waals surface area contributed by atoms with Crippen molar-refractivity contribution in [2.75, 3.05) is 26.4 Å². The average molecular weight is 303 g/mol. The fraction of sp³-hybridized carbons (Fsp3) is 0.769. The lowest BCUT2D eigenvalue weighted by Crippen LogP contribution is -2.43. The van der Waals surface area contributed by atoms with Crippen LogP contribution in [0.4, 0.5) is 4.79 Å². The van der Waals surface area contributed by atoms with Gasteiger partial charge in [0.05, 0.1) is 19.8 Å². The first-order valence-electron chi connectivity index (χ1n) is 6.94. The van der Waals surface area contributed by atoms with E-state index in [9.17, 15) is 14.4 Å². The normalized spacial score (nSPS) is 18.9. The summed E-state index contributed by atoms with van der Waals surface area (Å²) in [7, 11) is 0. The first-order chi connectivity index (χ1) is 10.0. The number of rotatable bonds is 7. The van der Waals surface area contributed by atoms with Crippen LogP contribution in [0.1, 0.15) is 27.7 Å². The number of nitrogens with zero attached hydrogens (tertiary/aromatic N) is 1. The van der Waals surface area contributed by atoms with Gasteiger partial charge in [-0.3, -0.25) is 0 Å². The van der Waals surface area contributed by atoms with Crippen LogP contribution in [0.15, 0.2) is 0 Å². The lowest BCUT2D eigenvalue weighted by molar-refractivity contribution is -0.161. The third-order valence-electron chi connectivity index (χ3n) is 2.87. The van der Waals surface area contributed by atoms with Crippen molar-refractivity contribution < 1.29 is 33.3 Å². The summed E-state index contributed by atoms with van der Waals surface area (Å²) < 4.78 is 20.0. The van der Waals surface area contributed by atoms with E-state index in [0.717, 1.165) is 4.90 Å². The number of hydrogen-bond acceptors (Lipinski definition) is 7. The number of ether oxygens (including phenoxy) is 4. The number of carbonyl (C=O) groups excluding carboxylic acids is 3. The van der Waals surface area contributed by atoms with Gasteiger partial charge in [0.25, 0.3) is 5.54 Å². The molecule has 21 heavy (non-hydrogen) atoms. The molecule has 1 amide bonds. The fourth-order valence-electron chi connectivity index (χ4n) is 2.02. The molecule has 1 unspecified atom stereocenters. The minimum Gasteiger partial charge on any atom is -0.464 e. The van der Waals surface area contributed by atoms with E-state index in [1.54, 1.807) is 27.7 Å². The summed E-state index contributed by atoms with van der Waals surface area (Å²) in [6.07, 6.45) is -1.89. The maximum absolute atomic E-state index is 12.2. The monoisotopic (exact) mass is 303 g/mol. The van der Waals surface area contributed by atoms with Crippen molar-refractivity contribution >= 4 is 18.0 Å². The summed E-state index contributed by atoms with van der Waals surface area (Å²) >= 11 is 0. The summed E-state index contributed by atoms with van der Waals surface area (Å²) in [5, 5.41) is 0. The van der Waals surface area contributed by atoms with Crippen molar-refractivity contribution in [1.29, 1.82) is 0 Å². The van der Waals surface area contributed by atoms with E-state index in [1.807, 2.05) is 0 Å². The topological polar surface area (TPSA) is 91.1 Å². The van der Waals surface area contributed by atoms with E-state index in [2.05, 4.69) is 0 Å². The zero-order valence-electron chi connectivity index (χ0n) is 12.7. The molecule has 120 valence electrons. The van der Waals surface area contributed by atoms with E-state index < -0.39 is 29.8 Å². The summed E-state index contributed by atoms with van der Waals surface area (Å²) in [6, 6.07) is 0. The smallest absolute Gasteiger partial charge is 0.413 e. The van der Waals surface area contributed by atoms with Gasteiger partial charge in [-0.25, -0.2) is 19.3 Å². The molecule has 0 aliphatic carbocycles. The Morgan fingerprint density at radius 3 is 1.71 bits per heavy atom. The molecule has 0 aromatic rings. The molecule has 0 N–H and O–H groups in total. The Bertz CT molecular complexity index is 391. The Kier molecular flexibility index (Phi) is 5.95. The third kappa shape index (κ3) is 2.94. The van der Waals surface area contributed by atoms with Gasteiger partial charge in [-0.05, 0) is 27.7 Å². The van der Waals surface area contributed by atoms with Crippen LogP contribution in [-0.2, 0) is 28.5 Å². The molecular weight excluding hydrogens is 282 g/mol. The van der Waals surface area contributed by atoms with Crippen LogP contribution in [0.5, 0.6) is 0 Å². The number of carbonyl (C=O) groups is 3. The zero-order chi connectivity index (χ0) is 16.0. The van der Waals surface area contributed by atoms with Crippen molar-refractivity contribution in [2.45, 2.75) is 39.5 Å². The van der Waals surface area contributed by atoms with Gasteiger partial charge in [-0.15, -0.1) is 0 Å². The van der Waals surface area contributed by atoms with Gasteiger partial charge in [0.15, 0.2) is 6.23 Å². The zero-order valence-corrected chi connectivity index (χ0v) is 12.7. The Balaban J connectivity index is 3.11. The second kappa shape index (κ2) is 7.26. The molecule has 1 atom stereocenters. The molecule has 1 rings (SSSR count). The molecule has 0 saturated carbocycles. The molecule has 0 radical (unpaired) electrons. The first kappa shape index (κ1) is 17.2. The highest BCUT2D eigenvalue weighted by molar-refractivity contribution is 6.13. The largest absolute Gasteiger partial charge is 0.464 e. The predicted molar refractivity (Wildman–Crippen MR) is 70.3 cm³/mol. The molecule has 0 bridgehead atoms. The minimum absolute atomic E-state index is 0.0650. The van der Waals surface area contributed by atoms with Gasteiger partial charge in [-0.1, -0.05) is 0 Å². The highest BCUT2D eigenvalue weighted by Gasteiger charge is 2.80. The standard InChI is InChI=1S/C13H21NO7/c1-5-18-9-13(10(15)19-6-2,11(16)20-7-3)14(9)12(17)21-8-4/h9H,5-8H2,1-4H3. The lowest BCUT2D eigenvalue weighted by atomic mass is 10.1. The summed E-state index contributed by atoms with van der Waals surface area (Å²) in [4.78, 5) is 37.2. The van der Waals surface area contributed by atoms with E-state index in [4.69, 9.17) is 18.9 Å². The molecule has 8 nitrogen and oxygen atoms in total. The highest BCUT2D eigenvalue weighted by Crippen LogP contribution is 2.45. The van der Waals surface area contributed by atoms with Crippen molar-refractivity contribution in [3.63, 3.8) is 0 Å². The van der Waals surface area contributed by atoms with Gasteiger partial charge < -0.3 is 18.9 Å². The molecule has 0 aromatic carbocycles. The number of hydrogen-bond donors (Lipinski definition) is 0. The van der Waals surface area contributed by atoms with Crippen LogP contribution in [0.25, 0.3) is 0 Å². The average Bonchev–Trinajstić information content (AvgIpc) is 3.10. The molecule has 1 aliphatic heterocycles. The predicted octanol–water partition coefficient (Wildman–Crippen LogP) is 0.686. The lowest BCUT2D eigenvalue weighted by Gasteiger charge is -2.13. The van der Waals surface area contributed by atoms with Gasteiger partial charge >= 0.3 is 18.0 Å². The Morgan fingerprint density at radius 2 is 1.33 bits per heavy atom. The van der Waals surface area contributed by atoms with Gasteiger partial charge in [0, 0.05) is 6.61 Å². The van der Waals surface area contributed by atoms with Crippen LogP contribution in [0.3, 0.4) is 0 Å². The second-order valence-corrected chi connectivity index (χ2v) is 4.08. The van der Waals surface area contributed by atoms with Crippen LogP contribution in [0.2, 0.25) is 0 Å². The molecule has 1 saturated heterocycles. The fourth-order valence-corrected chi connectivity index (χ4v) is 2.02.